The van der Waals surface area contributed by atoms with E-state index in [0.29, 0.717) is 67.5 Å². The first-order valence-corrected chi connectivity index (χ1v) is 13.0. The molecule has 0 saturated carbocycles. The Labute approximate surface area is 239 Å². The number of halogens is 2. The van der Waals surface area contributed by atoms with Gasteiger partial charge >= 0.3 is 0 Å². The SMILES string of the molecule is O=C(Cl)c1ccc2c(c1)C(=O)n1c-2nc2cc(Oc3ccc4c(c3)nc3n4C(=O)c4cc(C(=O)Cl)ccc4-3)ccc21. The van der Waals surface area contributed by atoms with Crippen molar-refractivity contribution >= 4 is 67.6 Å². The lowest BCUT2D eigenvalue weighted by atomic mass is 10.1. The van der Waals surface area contributed by atoms with Gasteiger partial charge in [0.15, 0.2) is 0 Å². The van der Waals surface area contributed by atoms with E-state index in [1.807, 2.05) is 0 Å². The molecule has 0 radical (unpaired) electrons. The lowest BCUT2D eigenvalue weighted by Gasteiger charge is -2.07. The van der Waals surface area contributed by atoms with Gasteiger partial charge in [0.05, 0.1) is 33.2 Å². The fourth-order valence-corrected chi connectivity index (χ4v) is 5.71. The number of ether oxygens (including phenoxy) is 1. The van der Waals surface area contributed by atoms with Crippen LogP contribution in [0.15, 0.2) is 72.8 Å². The Bertz CT molecular complexity index is 2090. The Hall–Kier alpha value is -5.12. The van der Waals surface area contributed by atoms with Crippen LogP contribution in [0.3, 0.4) is 0 Å². The quantitative estimate of drug-likeness (QED) is 0.226. The molecule has 6 aromatic rings. The standard InChI is InChI=1S/C30H12Cl2N4O5/c31-25(37)13-1-5-17-19(9-13)29(39)35-23-7-3-15(11-21(23)33-27(17)35)41-16-4-8-24-22(12-16)34-28-18-6-2-14(26(32)38)10-20(18)30(40)36(24)28/h1-12H. The van der Waals surface area contributed by atoms with E-state index in [-0.39, 0.29) is 22.9 Å². The predicted molar refractivity (Wildman–Crippen MR) is 150 cm³/mol. The summed E-state index contributed by atoms with van der Waals surface area (Å²) in [5.41, 5.74) is 4.80. The van der Waals surface area contributed by atoms with Crippen LogP contribution in [0.2, 0.25) is 0 Å². The van der Waals surface area contributed by atoms with Gasteiger partial charge in [0.1, 0.15) is 23.1 Å². The maximum Gasteiger partial charge on any atom is 0.264 e. The van der Waals surface area contributed by atoms with Gasteiger partial charge in [-0.1, -0.05) is 0 Å². The van der Waals surface area contributed by atoms with Gasteiger partial charge in [-0.3, -0.25) is 28.3 Å². The zero-order valence-corrected chi connectivity index (χ0v) is 22.0. The summed E-state index contributed by atoms with van der Waals surface area (Å²) >= 11 is 11.2. The molecule has 196 valence electrons. The zero-order valence-electron chi connectivity index (χ0n) is 20.5. The highest BCUT2D eigenvalue weighted by atomic mass is 35.5. The summed E-state index contributed by atoms with van der Waals surface area (Å²) in [7, 11) is 0. The number of carbonyl (C=O) groups excluding carboxylic acids is 4. The topological polar surface area (TPSA) is 113 Å². The zero-order chi connectivity index (χ0) is 28.2. The maximum atomic E-state index is 13.1. The normalized spacial score (nSPS) is 12.9. The minimum Gasteiger partial charge on any atom is -0.457 e. The third kappa shape index (κ3) is 3.30. The van der Waals surface area contributed by atoms with E-state index in [1.165, 1.54) is 21.3 Å². The molecule has 2 aliphatic heterocycles. The molecule has 8 rings (SSSR count). The third-order valence-corrected chi connectivity index (χ3v) is 7.77. The fraction of sp³-hybridized carbons (Fsp3) is 0. The number of nitrogens with zero attached hydrogens (tertiary/aromatic N) is 4. The molecule has 41 heavy (non-hydrogen) atoms. The van der Waals surface area contributed by atoms with Crippen molar-refractivity contribution in [1.82, 2.24) is 19.1 Å². The number of rotatable bonds is 4. The monoisotopic (exact) mass is 578 g/mol. The molecule has 0 unspecified atom stereocenters. The second kappa shape index (κ2) is 8.20. The molecule has 0 aliphatic carbocycles. The first kappa shape index (κ1) is 23.7. The summed E-state index contributed by atoms with van der Waals surface area (Å²) in [4.78, 5) is 58.7. The average Bonchev–Trinajstić information content (AvgIpc) is 3.67. The first-order valence-electron chi connectivity index (χ1n) is 12.3. The number of benzene rings is 4. The molecule has 0 spiro atoms. The van der Waals surface area contributed by atoms with Gasteiger partial charge in [-0.15, -0.1) is 0 Å². The number of imidazole rings is 2. The van der Waals surface area contributed by atoms with Crippen molar-refractivity contribution in [2.24, 2.45) is 0 Å². The lowest BCUT2D eigenvalue weighted by molar-refractivity contribution is 0.0964. The van der Waals surface area contributed by atoms with Crippen LogP contribution in [0.4, 0.5) is 0 Å². The summed E-state index contributed by atoms with van der Waals surface area (Å²) in [5.74, 6) is 1.38. The highest BCUT2D eigenvalue weighted by Crippen LogP contribution is 2.39. The summed E-state index contributed by atoms with van der Waals surface area (Å²) in [6.07, 6.45) is 0. The van der Waals surface area contributed by atoms with Crippen molar-refractivity contribution in [3.05, 3.63) is 95.1 Å². The van der Waals surface area contributed by atoms with Crippen molar-refractivity contribution in [3.63, 3.8) is 0 Å². The van der Waals surface area contributed by atoms with Crippen molar-refractivity contribution < 1.29 is 23.9 Å². The van der Waals surface area contributed by atoms with E-state index in [9.17, 15) is 19.2 Å². The van der Waals surface area contributed by atoms with E-state index < -0.39 is 10.5 Å². The Morgan fingerprint density at radius 1 is 0.585 bits per heavy atom. The van der Waals surface area contributed by atoms with Crippen LogP contribution >= 0.6 is 23.2 Å². The Kier molecular flexibility index (Phi) is 4.75. The summed E-state index contributed by atoms with van der Waals surface area (Å²) in [6, 6.07) is 19.9. The van der Waals surface area contributed by atoms with E-state index in [1.54, 1.807) is 60.7 Å². The minimum atomic E-state index is -0.634. The molecule has 11 heteroatoms. The molecule has 0 saturated heterocycles. The van der Waals surface area contributed by atoms with Crippen LogP contribution in [0, 0.1) is 0 Å². The van der Waals surface area contributed by atoms with Crippen LogP contribution in [0.25, 0.3) is 44.8 Å². The molecule has 2 aliphatic rings. The number of carbonyl (C=O) groups is 4. The minimum absolute atomic E-state index is 0.245. The molecule has 0 amide bonds. The van der Waals surface area contributed by atoms with Crippen LogP contribution in [0.1, 0.15) is 41.4 Å². The van der Waals surface area contributed by atoms with Gasteiger partial charge in [-0.2, -0.15) is 0 Å². The molecular formula is C30H12Cl2N4O5. The Morgan fingerprint density at radius 2 is 1.02 bits per heavy atom. The van der Waals surface area contributed by atoms with Gasteiger partial charge in [0.25, 0.3) is 22.3 Å². The highest BCUT2D eigenvalue weighted by molar-refractivity contribution is 6.68. The van der Waals surface area contributed by atoms with Gasteiger partial charge in [-0.05, 0) is 83.9 Å². The van der Waals surface area contributed by atoms with Crippen molar-refractivity contribution in [2.45, 2.75) is 0 Å². The summed E-state index contributed by atoms with van der Waals surface area (Å²) in [5, 5.41) is -1.27. The van der Waals surface area contributed by atoms with E-state index in [4.69, 9.17) is 27.9 Å². The van der Waals surface area contributed by atoms with E-state index >= 15 is 0 Å². The van der Waals surface area contributed by atoms with Gasteiger partial charge < -0.3 is 4.74 Å². The molecular weight excluding hydrogens is 567 g/mol. The van der Waals surface area contributed by atoms with Crippen molar-refractivity contribution in [3.8, 4) is 34.3 Å². The Balaban J connectivity index is 1.13. The molecule has 2 aromatic heterocycles. The summed E-state index contributed by atoms with van der Waals surface area (Å²) < 4.78 is 9.11. The Morgan fingerprint density at radius 3 is 1.44 bits per heavy atom. The lowest BCUT2D eigenvalue weighted by Crippen LogP contribution is -2.06. The second-order valence-corrected chi connectivity index (χ2v) is 10.3. The average molecular weight is 579 g/mol. The first-order chi connectivity index (χ1) is 19.8. The second-order valence-electron chi connectivity index (χ2n) is 9.62. The molecule has 0 fully saturated rings. The van der Waals surface area contributed by atoms with Crippen LogP contribution in [0.5, 0.6) is 11.5 Å². The van der Waals surface area contributed by atoms with E-state index in [2.05, 4.69) is 9.97 Å². The molecule has 0 bridgehead atoms. The molecule has 0 atom stereocenters. The largest absolute Gasteiger partial charge is 0.457 e. The maximum absolute atomic E-state index is 13.1. The molecule has 4 heterocycles. The molecule has 9 nitrogen and oxygen atoms in total. The molecule has 4 aromatic carbocycles. The number of hydrogen-bond donors (Lipinski definition) is 0. The van der Waals surface area contributed by atoms with E-state index in [0.717, 1.165) is 0 Å². The highest BCUT2D eigenvalue weighted by Gasteiger charge is 2.32. The van der Waals surface area contributed by atoms with Gasteiger partial charge in [0, 0.05) is 34.4 Å². The predicted octanol–water partition coefficient (Wildman–Crippen LogP) is 6.27. The molecule has 0 N–H and O–H groups in total. The fourth-order valence-electron chi connectivity index (χ4n) is 5.47. The number of aromatic nitrogens is 4. The van der Waals surface area contributed by atoms with Crippen LogP contribution in [-0.4, -0.2) is 41.4 Å². The summed E-state index contributed by atoms with van der Waals surface area (Å²) in [6.45, 7) is 0. The van der Waals surface area contributed by atoms with Crippen LogP contribution < -0.4 is 4.74 Å². The number of hydrogen-bond acceptors (Lipinski definition) is 7. The van der Waals surface area contributed by atoms with Crippen molar-refractivity contribution in [2.75, 3.05) is 0 Å². The van der Waals surface area contributed by atoms with Gasteiger partial charge in [-0.25, -0.2) is 9.97 Å². The van der Waals surface area contributed by atoms with Gasteiger partial charge in [0.2, 0.25) is 0 Å². The van der Waals surface area contributed by atoms with Crippen molar-refractivity contribution in [1.29, 1.82) is 0 Å². The number of fused-ring (bicyclic) bond motifs is 10. The smallest absolute Gasteiger partial charge is 0.264 e. The third-order valence-electron chi connectivity index (χ3n) is 7.33. The van der Waals surface area contributed by atoms with Crippen LogP contribution in [-0.2, 0) is 0 Å².